The van der Waals surface area contributed by atoms with Crippen molar-refractivity contribution >= 4 is 11.6 Å². The number of piperidine rings is 1. The van der Waals surface area contributed by atoms with Gasteiger partial charge in [0.25, 0.3) is 0 Å². The first-order valence-electron chi connectivity index (χ1n) is 9.39. The van der Waals surface area contributed by atoms with Crippen LogP contribution in [-0.4, -0.2) is 29.6 Å². The smallest absolute Gasteiger partial charge is 0.197 e. The van der Waals surface area contributed by atoms with Crippen molar-refractivity contribution in [1.29, 1.82) is 0 Å². The molecular formula is C21H23FN2O2. The minimum absolute atomic E-state index is 0.0203. The van der Waals surface area contributed by atoms with Crippen LogP contribution in [0.5, 0.6) is 0 Å². The summed E-state index contributed by atoms with van der Waals surface area (Å²) in [5.41, 5.74) is 1.74. The molecule has 2 aromatic rings. The van der Waals surface area contributed by atoms with E-state index in [0.29, 0.717) is 23.6 Å². The number of rotatable bonds is 6. The molecule has 0 amide bonds. The van der Waals surface area contributed by atoms with Gasteiger partial charge < -0.3 is 10.3 Å². The summed E-state index contributed by atoms with van der Waals surface area (Å²) in [4.78, 5) is 28.3. The molecule has 2 fully saturated rings. The number of halogens is 1. The third kappa shape index (κ3) is 3.49. The van der Waals surface area contributed by atoms with Gasteiger partial charge in [-0.25, -0.2) is 4.39 Å². The second kappa shape index (κ2) is 7.16. The Morgan fingerprint density at radius 2 is 1.88 bits per heavy atom. The van der Waals surface area contributed by atoms with E-state index in [1.807, 2.05) is 6.07 Å². The number of aromatic nitrogens is 1. The normalized spacial score (nSPS) is 18.0. The number of carbonyl (C=O) groups excluding carboxylic acids is 2. The summed E-state index contributed by atoms with van der Waals surface area (Å²) >= 11 is 0. The van der Waals surface area contributed by atoms with E-state index in [1.165, 1.54) is 12.3 Å². The summed E-state index contributed by atoms with van der Waals surface area (Å²) in [5, 5.41) is 3.29. The molecule has 1 saturated heterocycles. The van der Waals surface area contributed by atoms with Gasteiger partial charge in [-0.1, -0.05) is 12.1 Å². The van der Waals surface area contributed by atoms with Crippen LogP contribution >= 0.6 is 0 Å². The zero-order valence-electron chi connectivity index (χ0n) is 14.7. The highest BCUT2D eigenvalue weighted by Gasteiger charge is 2.30. The zero-order valence-corrected chi connectivity index (χ0v) is 14.7. The number of ketones is 2. The minimum Gasteiger partial charge on any atom is -0.358 e. The van der Waals surface area contributed by atoms with Crippen molar-refractivity contribution in [3.05, 3.63) is 58.7 Å². The molecular weight excluding hydrogens is 331 g/mol. The lowest BCUT2D eigenvalue weighted by molar-refractivity contribution is 0.0948. The number of aromatic amines is 1. The quantitative estimate of drug-likeness (QED) is 0.775. The molecule has 1 aliphatic heterocycles. The predicted molar refractivity (Wildman–Crippen MR) is 97.1 cm³/mol. The molecule has 4 rings (SSSR count). The maximum Gasteiger partial charge on any atom is 0.197 e. The molecule has 4 nitrogen and oxygen atoms in total. The average molecular weight is 354 g/mol. The van der Waals surface area contributed by atoms with Crippen molar-refractivity contribution < 1.29 is 14.0 Å². The molecule has 1 aromatic heterocycles. The fourth-order valence-electron chi connectivity index (χ4n) is 3.80. The van der Waals surface area contributed by atoms with Crippen molar-refractivity contribution in [2.75, 3.05) is 13.1 Å². The van der Waals surface area contributed by atoms with E-state index >= 15 is 0 Å². The third-order valence-corrected chi connectivity index (χ3v) is 5.47. The van der Waals surface area contributed by atoms with Crippen LogP contribution in [0, 0.1) is 11.7 Å². The first-order chi connectivity index (χ1) is 12.6. The Morgan fingerprint density at radius 1 is 1.12 bits per heavy atom. The third-order valence-electron chi connectivity index (χ3n) is 5.47. The predicted octanol–water partition coefficient (Wildman–Crippen LogP) is 3.83. The van der Waals surface area contributed by atoms with Crippen LogP contribution in [0.2, 0.25) is 0 Å². The topological polar surface area (TPSA) is 62.0 Å². The van der Waals surface area contributed by atoms with E-state index in [1.54, 1.807) is 12.1 Å². The Hall–Kier alpha value is -2.27. The summed E-state index contributed by atoms with van der Waals surface area (Å²) in [7, 11) is 0. The van der Waals surface area contributed by atoms with Gasteiger partial charge >= 0.3 is 0 Å². The second-order valence-electron chi connectivity index (χ2n) is 7.43. The maximum absolute atomic E-state index is 14.3. The van der Waals surface area contributed by atoms with Gasteiger partial charge in [-0.3, -0.25) is 9.59 Å². The van der Waals surface area contributed by atoms with E-state index in [4.69, 9.17) is 0 Å². The highest BCUT2D eigenvalue weighted by Crippen LogP contribution is 2.42. The van der Waals surface area contributed by atoms with Crippen LogP contribution < -0.4 is 5.32 Å². The van der Waals surface area contributed by atoms with Gasteiger partial charge in [-0.05, 0) is 68.3 Å². The molecule has 0 unspecified atom stereocenters. The van der Waals surface area contributed by atoms with E-state index in [9.17, 15) is 14.0 Å². The van der Waals surface area contributed by atoms with Gasteiger partial charge in [0.2, 0.25) is 0 Å². The van der Waals surface area contributed by atoms with Crippen LogP contribution in [0.15, 0.2) is 30.5 Å². The Kier molecular flexibility index (Phi) is 4.72. The molecule has 2 aliphatic rings. The second-order valence-corrected chi connectivity index (χ2v) is 7.43. The summed E-state index contributed by atoms with van der Waals surface area (Å²) in [6.45, 7) is 1.90. The fourth-order valence-corrected chi connectivity index (χ4v) is 3.80. The first-order valence-corrected chi connectivity index (χ1v) is 9.39. The van der Waals surface area contributed by atoms with E-state index in [0.717, 1.165) is 44.3 Å². The Bertz CT molecular complexity index is 832. The molecule has 26 heavy (non-hydrogen) atoms. The summed E-state index contributed by atoms with van der Waals surface area (Å²) < 4.78 is 14.3. The summed E-state index contributed by atoms with van der Waals surface area (Å²) in [6.07, 6.45) is 6.01. The molecule has 136 valence electrons. The monoisotopic (exact) mass is 354 g/mol. The fraction of sp³-hybridized carbons (Fsp3) is 0.429. The molecule has 2 heterocycles. The van der Waals surface area contributed by atoms with Crippen molar-refractivity contribution in [3.8, 4) is 0 Å². The lowest BCUT2D eigenvalue weighted by Gasteiger charge is -2.21. The number of nitrogens with one attached hydrogen (secondary N) is 2. The first kappa shape index (κ1) is 17.2. The number of benzene rings is 1. The van der Waals surface area contributed by atoms with Crippen LogP contribution in [0.1, 0.15) is 70.0 Å². The molecule has 1 aromatic carbocycles. The number of hydrogen-bond donors (Lipinski definition) is 2. The zero-order chi connectivity index (χ0) is 18.1. The van der Waals surface area contributed by atoms with Crippen molar-refractivity contribution in [2.45, 2.75) is 38.0 Å². The number of H-pyrrole nitrogens is 1. The lowest BCUT2D eigenvalue weighted by Crippen LogP contribution is -2.28. The molecule has 1 aliphatic carbocycles. The Labute approximate surface area is 152 Å². The van der Waals surface area contributed by atoms with Crippen molar-refractivity contribution in [2.24, 2.45) is 5.92 Å². The highest BCUT2D eigenvalue weighted by molar-refractivity contribution is 6.11. The maximum atomic E-state index is 14.3. The van der Waals surface area contributed by atoms with Crippen LogP contribution in [0.4, 0.5) is 4.39 Å². The van der Waals surface area contributed by atoms with E-state index in [2.05, 4.69) is 10.3 Å². The largest absolute Gasteiger partial charge is 0.358 e. The van der Waals surface area contributed by atoms with E-state index in [-0.39, 0.29) is 23.0 Å². The van der Waals surface area contributed by atoms with Gasteiger partial charge in [-0.2, -0.15) is 0 Å². The number of Topliss-reactive ketones (excluding diaryl/α,β-unsaturated/α-hetero) is 1. The Morgan fingerprint density at radius 3 is 2.62 bits per heavy atom. The SMILES string of the molecule is O=C(CC1CCNCC1)c1cc(C(=O)c2c(F)cccc2C2CC2)c[nH]1. The van der Waals surface area contributed by atoms with Crippen molar-refractivity contribution in [3.63, 3.8) is 0 Å². The number of hydrogen-bond acceptors (Lipinski definition) is 3. The summed E-state index contributed by atoms with van der Waals surface area (Å²) in [6, 6.07) is 6.40. The molecule has 0 atom stereocenters. The molecule has 2 N–H and O–H groups in total. The molecule has 1 saturated carbocycles. The van der Waals surface area contributed by atoms with Crippen LogP contribution in [0.25, 0.3) is 0 Å². The molecule has 0 radical (unpaired) electrons. The van der Waals surface area contributed by atoms with Crippen molar-refractivity contribution in [1.82, 2.24) is 10.3 Å². The molecule has 0 spiro atoms. The van der Waals surface area contributed by atoms with Gasteiger partial charge in [0.05, 0.1) is 11.3 Å². The van der Waals surface area contributed by atoms with Gasteiger partial charge in [0.1, 0.15) is 5.82 Å². The van der Waals surface area contributed by atoms with Gasteiger partial charge in [0.15, 0.2) is 11.6 Å². The van der Waals surface area contributed by atoms with Gasteiger partial charge in [0, 0.05) is 18.2 Å². The summed E-state index contributed by atoms with van der Waals surface area (Å²) in [5.74, 6) is -0.138. The average Bonchev–Trinajstić information content (AvgIpc) is 3.37. The van der Waals surface area contributed by atoms with Crippen LogP contribution in [0.3, 0.4) is 0 Å². The number of carbonyl (C=O) groups is 2. The standard InChI is InChI=1S/C21H23FN2O2/c22-17-3-1-2-16(14-4-5-14)20(17)21(26)15-11-18(24-12-15)19(25)10-13-6-8-23-9-7-13/h1-3,11-14,23-24H,4-10H2. The molecule has 5 heteroatoms. The highest BCUT2D eigenvalue weighted by atomic mass is 19.1. The minimum atomic E-state index is -0.483. The Balaban J connectivity index is 1.53. The van der Waals surface area contributed by atoms with Gasteiger partial charge in [-0.15, -0.1) is 0 Å². The van der Waals surface area contributed by atoms with Crippen LogP contribution in [-0.2, 0) is 0 Å². The van der Waals surface area contributed by atoms with E-state index < -0.39 is 5.82 Å². The molecule has 0 bridgehead atoms. The lowest BCUT2D eigenvalue weighted by atomic mass is 9.91.